The first-order chi connectivity index (χ1) is 16.7. The van der Waals surface area contributed by atoms with E-state index in [-0.39, 0.29) is 13.2 Å². The number of hydrogen-bond donors (Lipinski definition) is 3. The van der Waals surface area contributed by atoms with Gasteiger partial charge in [0.15, 0.2) is 6.29 Å². The summed E-state index contributed by atoms with van der Waals surface area (Å²) < 4.78 is 24.5. The number of benzene rings is 3. The van der Waals surface area contributed by atoms with E-state index in [0.717, 1.165) is 16.7 Å². The predicted octanol–water partition coefficient (Wildman–Crippen LogP) is 3.44. The predicted molar refractivity (Wildman–Crippen MR) is 126 cm³/mol. The van der Waals surface area contributed by atoms with Gasteiger partial charge in [-0.05, 0) is 16.7 Å². The summed E-state index contributed by atoms with van der Waals surface area (Å²) in [7, 11) is 0. The number of nitrogens with one attached hydrogen (secondary N) is 1. The molecule has 0 unspecified atom stereocenters. The van der Waals surface area contributed by atoms with Crippen molar-refractivity contribution in [3.8, 4) is 0 Å². The van der Waals surface area contributed by atoms with Crippen LogP contribution in [-0.2, 0) is 38.8 Å². The smallest absolute Gasteiger partial charge is 0.184 e. The molecule has 0 aromatic heterocycles. The Morgan fingerprint density at radius 1 is 0.618 bits per heavy atom. The summed E-state index contributed by atoms with van der Waals surface area (Å²) in [5.41, 5.74) is 5.09. The molecule has 0 bridgehead atoms. The van der Waals surface area contributed by atoms with E-state index in [1.165, 1.54) is 0 Å². The number of rotatable bonds is 11. The van der Waals surface area contributed by atoms with E-state index >= 15 is 0 Å². The molecule has 0 amide bonds. The molecule has 0 radical (unpaired) electrons. The molecule has 34 heavy (non-hydrogen) atoms. The SMILES string of the molecule is ONC[C@H]1O[C@H](O)[C@H](OCc2ccccc2)[C@@H](OCc2ccccc2)[C@@H]1OCc1ccccc1. The van der Waals surface area contributed by atoms with Crippen LogP contribution < -0.4 is 5.48 Å². The third kappa shape index (κ3) is 6.71. The van der Waals surface area contributed by atoms with Crippen molar-refractivity contribution in [3.63, 3.8) is 0 Å². The van der Waals surface area contributed by atoms with Gasteiger partial charge >= 0.3 is 0 Å². The quantitative estimate of drug-likeness (QED) is 0.374. The van der Waals surface area contributed by atoms with Crippen LogP contribution in [0.3, 0.4) is 0 Å². The third-order valence-electron chi connectivity index (χ3n) is 5.76. The molecule has 3 aromatic rings. The van der Waals surface area contributed by atoms with E-state index in [0.29, 0.717) is 13.2 Å². The highest BCUT2D eigenvalue weighted by atomic mass is 16.7. The van der Waals surface area contributed by atoms with Crippen LogP contribution in [0.15, 0.2) is 91.0 Å². The van der Waals surface area contributed by atoms with Crippen molar-refractivity contribution in [2.75, 3.05) is 6.54 Å². The van der Waals surface area contributed by atoms with E-state index in [9.17, 15) is 10.3 Å². The molecule has 1 aliphatic rings. The second kappa shape index (κ2) is 12.7. The Morgan fingerprint density at radius 3 is 1.47 bits per heavy atom. The average Bonchev–Trinajstić information content (AvgIpc) is 2.88. The van der Waals surface area contributed by atoms with Crippen LogP contribution in [0.25, 0.3) is 0 Å². The molecule has 3 N–H and O–H groups in total. The first-order valence-electron chi connectivity index (χ1n) is 11.4. The average molecular weight is 466 g/mol. The summed E-state index contributed by atoms with van der Waals surface area (Å²) in [5, 5.41) is 20.2. The van der Waals surface area contributed by atoms with Gasteiger partial charge in [0.05, 0.1) is 19.8 Å². The van der Waals surface area contributed by atoms with Crippen LogP contribution in [0.1, 0.15) is 16.7 Å². The molecule has 3 aromatic carbocycles. The Bertz CT molecular complexity index is 959. The Kier molecular flexibility index (Phi) is 9.18. The normalized spacial score (nSPS) is 24.7. The molecule has 1 fully saturated rings. The van der Waals surface area contributed by atoms with Gasteiger partial charge in [-0.25, -0.2) is 5.48 Å². The van der Waals surface area contributed by atoms with Gasteiger partial charge in [0.25, 0.3) is 0 Å². The fourth-order valence-corrected chi connectivity index (χ4v) is 4.02. The van der Waals surface area contributed by atoms with Gasteiger partial charge in [-0.2, -0.15) is 0 Å². The monoisotopic (exact) mass is 465 g/mol. The van der Waals surface area contributed by atoms with Crippen molar-refractivity contribution in [2.45, 2.75) is 50.5 Å². The first kappa shape index (κ1) is 24.5. The zero-order chi connectivity index (χ0) is 23.6. The Morgan fingerprint density at radius 2 is 1.03 bits per heavy atom. The molecule has 0 saturated carbocycles. The molecular weight excluding hydrogens is 434 g/mol. The van der Waals surface area contributed by atoms with Crippen molar-refractivity contribution < 1.29 is 29.3 Å². The molecule has 0 spiro atoms. The van der Waals surface area contributed by atoms with Crippen LogP contribution in [0.4, 0.5) is 0 Å². The standard InChI is InChI=1S/C27H31NO6/c29-27-26(33-19-22-14-8-3-9-15-22)25(32-18-21-12-6-2-7-13-21)24(23(34-27)16-28-30)31-17-20-10-4-1-5-11-20/h1-15,23-30H,16-19H2/t23-,24-,25+,26-,27+/m1/s1. The number of hydroxylamine groups is 1. The van der Waals surface area contributed by atoms with Gasteiger partial charge in [-0.15, -0.1) is 0 Å². The van der Waals surface area contributed by atoms with Gasteiger partial charge in [-0.3, -0.25) is 0 Å². The zero-order valence-corrected chi connectivity index (χ0v) is 18.9. The third-order valence-corrected chi connectivity index (χ3v) is 5.76. The summed E-state index contributed by atoms with van der Waals surface area (Å²) in [4.78, 5) is 0. The van der Waals surface area contributed by atoms with Crippen molar-refractivity contribution in [1.82, 2.24) is 5.48 Å². The maximum absolute atomic E-state index is 10.8. The highest BCUT2D eigenvalue weighted by Gasteiger charge is 2.47. The molecule has 0 aliphatic carbocycles. The summed E-state index contributed by atoms with van der Waals surface area (Å²) in [6.07, 6.45) is -3.94. The van der Waals surface area contributed by atoms with Crippen LogP contribution in [0.2, 0.25) is 0 Å². The molecule has 1 saturated heterocycles. The second-order valence-corrected chi connectivity index (χ2v) is 8.21. The molecule has 4 rings (SSSR count). The van der Waals surface area contributed by atoms with Gasteiger partial charge in [-0.1, -0.05) is 91.0 Å². The lowest BCUT2D eigenvalue weighted by Gasteiger charge is -2.44. The van der Waals surface area contributed by atoms with Crippen molar-refractivity contribution >= 4 is 0 Å². The molecule has 1 aliphatic heterocycles. The van der Waals surface area contributed by atoms with Crippen LogP contribution >= 0.6 is 0 Å². The van der Waals surface area contributed by atoms with E-state index < -0.39 is 30.7 Å². The van der Waals surface area contributed by atoms with Crippen molar-refractivity contribution in [3.05, 3.63) is 108 Å². The largest absolute Gasteiger partial charge is 0.368 e. The van der Waals surface area contributed by atoms with Gasteiger partial charge in [0.1, 0.15) is 24.4 Å². The van der Waals surface area contributed by atoms with E-state index in [4.69, 9.17) is 18.9 Å². The van der Waals surface area contributed by atoms with Crippen LogP contribution in [0.5, 0.6) is 0 Å². The van der Waals surface area contributed by atoms with Gasteiger partial charge in [0.2, 0.25) is 0 Å². The van der Waals surface area contributed by atoms with Gasteiger partial charge in [0, 0.05) is 6.54 Å². The lowest BCUT2D eigenvalue weighted by atomic mass is 9.97. The molecule has 5 atom stereocenters. The fraction of sp³-hybridized carbons (Fsp3) is 0.333. The Balaban J connectivity index is 1.55. The molecular formula is C27H31NO6. The maximum Gasteiger partial charge on any atom is 0.184 e. The second-order valence-electron chi connectivity index (χ2n) is 8.21. The number of ether oxygens (including phenoxy) is 4. The minimum Gasteiger partial charge on any atom is -0.368 e. The lowest BCUT2D eigenvalue weighted by Crippen LogP contribution is -2.62. The van der Waals surface area contributed by atoms with Crippen molar-refractivity contribution in [1.29, 1.82) is 0 Å². The lowest BCUT2D eigenvalue weighted by molar-refractivity contribution is -0.312. The Labute approximate surface area is 199 Å². The fourth-order valence-electron chi connectivity index (χ4n) is 4.02. The summed E-state index contributed by atoms with van der Waals surface area (Å²) in [6.45, 7) is 0.982. The maximum atomic E-state index is 10.8. The molecule has 1 heterocycles. The van der Waals surface area contributed by atoms with E-state index in [1.54, 1.807) is 0 Å². The Hall–Kier alpha value is -2.62. The van der Waals surface area contributed by atoms with E-state index in [1.807, 2.05) is 91.0 Å². The zero-order valence-electron chi connectivity index (χ0n) is 18.9. The number of aliphatic hydroxyl groups excluding tert-OH is 1. The van der Waals surface area contributed by atoms with Gasteiger partial charge < -0.3 is 29.3 Å². The first-order valence-corrected chi connectivity index (χ1v) is 11.4. The molecule has 7 nitrogen and oxygen atoms in total. The van der Waals surface area contributed by atoms with Crippen LogP contribution in [-0.4, -0.2) is 47.6 Å². The summed E-state index contributed by atoms with van der Waals surface area (Å²) >= 11 is 0. The minimum atomic E-state index is -1.25. The minimum absolute atomic E-state index is 0.0626. The summed E-state index contributed by atoms with van der Waals surface area (Å²) in [5.74, 6) is 0. The van der Waals surface area contributed by atoms with E-state index in [2.05, 4.69) is 5.48 Å². The number of aliphatic hydroxyl groups is 1. The highest BCUT2D eigenvalue weighted by molar-refractivity contribution is 5.15. The summed E-state index contributed by atoms with van der Waals surface area (Å²) in [6, 6.07) is 29.3. The topological polar surface area (TPSA) is 89.4 Å². The molecule has 180 valence electrons. The highest BCUT2D eigenvalue weighted by Crippen LogP contribution is 2.29. The molecule has 7 heteroatoms. The number of hydrogen-bond acceptors (Lipinski definition) is 7. The van der Waals surface area contributed by atoms with Crippen molar-refractivity contribution in [2.24, 2.45) is 0 Å². The van der Waals surface area contributed by atoms with Crippen LogP contribution in [0, 0.1) is 0 Å².